The van der Waals surface area contributed by atoms with Gasteiger partial charge in [-0.2, -0.15) is 0 Å². The first-order valence-electron chi connectivity index (χ1n) is 3.60. The number of carbonyl (C=O) groups is 1. The molecule has 0 aromatic rings. The van der Waals surface area contributed by atoms with Gasteiger partial charge in [0, 0.05) is 18.7 Å². The molecule has 0 radical (unpaired) electrons. The fourth-order valence-corrected chi connectivity index (χ4v) is 0.993. The molecule has 3 N–H and O–H groups in total. The molecule has 60 valence electrons. The lowest BCUT2D eigenvalue weighted by Crippen LogP contribution is -2.25. The van der Waals surface area contributed by atoms with Crippen molar-refractivity contribution in [2.75, 3.05) is 0 Å². The predicted molar refractivity (Wildman–Crippen MR) is 43.6 cm³/mol. The Morgan fingerprint density at radius 1 is 1.82 bits per heavy atom. The van der Waals surface area contributed by atoms with Crippen molar-refractivity contribution in [2.45, 2.75) is 19.4 Å². The maximum atomic E-state index is 10.6. The van der Waals surface area contributed by atoms with Crippen molar-refractivity contribution >= 4 is 5.91 Å². The van der Waals surface area contributed by atoms with Gasteiger partial charge in [-0.1, -0.05) is 6.08 Å². The molecule has 1 amide bonds. The van der Waals surface area contributed by atoms with Gasteiger partial charge in [-0.15, -0.1) is 0 Å². The van der Waals surface area contributed by atoms with E-state index in [-0.39, 0.29) is 11.9 Å². The first-order valence-corrected chi connectivity index (χ1v) is 3.60. The van der Waals surface area contributed by atoms with Gasteiger partial charge in [0.15, 0.2) is 0 Å². The molecule has 1 unspecified atom stereocenters. The summed E-state index contributed by atoms with van der Waals surface area (Å²) in [5.74, 6) is -0.0602. The third-order valence-electron chi connectivity index (χ3n) is 1.42. The average Bonchev–Trinajstić information content (AvgIpc) is 1.85. The molecule has 3 nitrogen and oxygen atoms in total. The first kappa shape index (κ1) is 8.01. The van der Waals surface area contributed by atoms with Gasteiger partial charge in [-0.05, 0) is 18.6 Å². The van der Waals surface area contributed by atoms with Crippen molar-refractivity contribution < 1.29 is 4.79 Å². The van der Waals surface area contributed by atoms with E-state index in [4.69, 9.17) is 5.73 Å². The maximum Gasteiger partial charge on any atom is 0.221 e. The first-order chi connectivity index (χ1) is 5.18. The van der Waals surface area contributed by atoms with E-state index < -0.39 is 0 Å². The highest BCUT2D eigenvalue weighted by atomic mass is 16.1. The number of hydrogen-bond acceptors (Lipinski definition) is 2. The topological polar surface area (TPSA) is 55.1 Å². The zero-order valence-electron chi connectivity index (χ0n) is 6.50. The lowest BCUT2D eigenvalue weighted by atomic mass is 10.1. The summed E-state index contributed by atoms with van der Waals surface area (Å²) < 4.78 is 0. The summed E-state index contributed by atoms with van der Waals surface area (Å²) in [6, 6.07) is 0.0434. The predicted octanol–water partition coefficient (Wildman–Crippen LogP) is 0.294. The van der Waals surface area contributed by atoms with Gasteiger partial charge in [0.1, 0.15) is 0 Å². The SMILES string of the molecule is CC(=O)NC1=CC(N)CC=C1. The monoisotopic (exact) mass is 152 g/mol. The molecule has 0 spiro atoms. The third-order valence-corrected chi connectivity index (χ3v) is 1.42. The highest BCUT2D eigenvalue weighted by Gasteiger charge is 2.04. The van der Waals surface area contributed by atoms with Crippen LogP contribution >= 0.6 is 0 Å². The van der Waals surface area contributed by atoms with Crippen molar-refractivity contribution in [2.24, 2.45) is 5.73 Å². The number of amides is 1. The Bertz CT molecular complexity index is 218. The molecule has 11 heavy (non-hydrogen) atoms. The molecule has 1 atom stereocenters. The molecule has 1 aliphatic carbocycles. The molecule has 1 aliphatic rings. The van der Waals surface area contributed by atoms with Gasteiger partial charge < -0.3 is 11.1 Å². The lowest BCUT2D eigenvalue weighted by molar-refractivity contribution is -0.118. The molecule has 1 rings (SSSR count). The number of rotatable bonds is 1. The summed E-state index contributed by atoms with van der Waals surface area (Å²) in [6.45, 7) is 1.48. The second-order valence-corrected chi connectivity index (χ2v) is 2.61. The minimum atomic E-state index is -0.0602. The molecule has 0 aromatic heterocycles. The summed E-state index contributed by atoms with van der Waals surface area (Å²) in [6.07, 6.45) is 6.52. The third kappa shape index (κ3) is 2.55. The van der Waals surface area contributed by atoms with Gasteiger partial charge in [0.05, 0.1) is 0 Å². The molecule has 0 saturated heterocycles. The molecule has 0 bridgehead atoms. The number of carbonyl (C=O) groups excluding carboxylic acids is 1. The van der Waals surface area contributed by atoms with Crippen LogP contribution in [0.4, 0.5) is 0 Å². The van der Waals surface area contributed by atoms with Crippen LogP contribution in [0.3, 0.4) is 0 Å². The quantitative estimate of drug-likeness (QED) is 0.567. The van der Waals surface area contributed by atoms with Crippen LogP contribution in [0.2, 0.25) is 0 Å². The minimum absolute atomic E-state index is 0.0434. The maximum absolute atomic E-state index is 10.6. The van der Waals surface area contributed by atoms with Crippen molar-refractivity contribution in [3.8, 4) is 0 Å². The van der Waals surface area contributed by atoms with Crippen molar-refractivity contribution in [3.05, 3.63) is 23.9 Å². The number of nitrogens with one attached hydrogen (secondary N) is 1. The number of nitrogens with two attached hydrogens (primary N) is 1. The Hall–Kier alpha value is -1.09. The van der Waals surface area contributed by atoms with Crippen molar-refractivity contribution in [3.63, 3.8) is 0 Å². The highest BCUT2D eigenvalue weighted by molar-refractivity contribution is 5.75. The molecule has 0 fully saturated rings. The van der Waals surface area contributed by atoms with E-state index in [1.807, 2.05) is 18.2 Å². The van der Waals surface area contributed by atoms with Gasteiger partial charge in [0.2, 0.25) is 5.91 Å². The Morgan fingerprint density at radius 2 is 2.55 bits per heavy atom. The average molecular weight is 152 g/mol. The van der Waals surface area contributed by atoms with E-state index in [0.29, 0.717) is 0 Å². The van der Waals surface area contributed by atoms with Crippen LogP contribution in [0.5, 0.6) is 0 Å². The standard InChI is InChI=1S/C8H12N2O/c1-6(11)10-8-4-2-3-7(9)5-8/h2,4-5,7H,3,9H2,1H3,(H,10,11). The Labute approximate surface area is 66.0 Å². The summed E-state index contributed by atoms with van der Waals surface area (Å²) in [4.78, 5) is 10.6. The zero-order valence-corrected chi connectivity index (χ0v) is 6.50. The van der Waals surface area contributed by atoms with Gasteiger partial charge in [-0.25, -0.2) is 0 Å². The highest BCUT2D eigenvalue weighted by Crippen LogP contribution is 2.05. The fourth-order valence-electron chi connectivity index (χ4n) is 0.993. The van der Waals surface area contributed by atoms with Crippen LogP contribution in [0.25, 0.3) is 0 Å². The second-order valence-electron chi connectivity index (χ2n) is 2.61. The van der Waals surface area contributed by atoms with E-state index in [1.54, 1.807) is 0 Å². The number of allylic oxidation sites excluding steroid dienone is 1. The van der Waals surface area contributed by atoms with Crippen LogP contribution in [0, 0.1) is 0 Å². The van der Waals surface area contributed by atoms with Crippen LogP contribution < -0.4 is 11.1 Å². The molecule has 0 heterocycles. The van der Waals surface area contributed by atoms with Gasteiger partial charge in [-0.3, -0.25) is 4.79 Å². The summed E-state index contributed by atoms with van der Waals surface area (Å²) in [5.41, 5.74) is 6.42. The zero-order chi connectivity index (χ0) is 8.27. The van der Waals surface area contributed by atoms with E-state index in [0.717, 1.165) is 12.1 Å². The van der Waals surface area contributed by atoms with E-state index >= 15 is 0 Å². The number of hydrogen-bond donors (Lipinski definition) is 2. The second kappa shape index (κ2) is 3.34. The van der Waals surface area contributed by atoms with E-state index in [1.165, 1.54) is 6.92 Å². The molecule has 0 aliphatic heterocycles. The fraction of sp³-hybridized carbons (Fsp3) is 0.375. The minimum Gasteiger partial charge on any atom is -0.327 e. The molecule has 0 aromatic carbocycles. The lowest BCUT2D eigenvalue weighted by Gasteiger charge is -2.11. The Kier molecular flexibility index (Phi) is 2.44. The van der Waals surface area contributed by atoms with Crippen LogP contribution in [-0.2, 0) is 4.79 Å². The van der Waals surface area contributed by atoms with E-state index in [9.17, 15) is 4.79 Å². The largest absolute Gasteiger partial charge is 0.327 e. The van der Waals surface area contributed by atoms with Gasteiger partial charge in [0.25, 0.3) is 0 Å². The normalized spacial score (nSPS) is 22.7. The van der Waals surface area contributed by atoms with E-state index in [2.05, 4.69) is 5.32 Å². The smallest absolute Gasteiger partial charge is 0.221 e. The summed E-state index contributed by atoms with van der Waals surface area (Å²) in [5, 5.41) is 2.67. The molecular weight excluding hydrogens is 140 g/mol. The Balaban J connectivity index is 2.57. The summed E-state index contributed by atoms with van der Waals surface area (Å²) >= 11 is 0. The Morgan fingerprint density at radius 3 is 3.09 bits per heavy atom. The molecular formula is C8H12N2O. The van der Waals surface area contributed by atoms with Crippen LogP contribution in [0.15, 0.2) is 23.9 Å². The summed E-state index contributed by atoms with van der Waals surface area (Å²) in [7, 11) is 0. The molecule has 0 saturated carbocycles. The van der Waals surface area contributed by atoms with Crippen molar-refractivity contribution in [1.29, 1.82) is 0 Å². The van der Waals surface area contributed by atoms with Crippen LogP contribution in [-0.4, -0.2) is 11.9 Å². The van der Waals surface area contributed by atoms with Crippen molar-refractivity contribution in [1.82, 2.24) is 5.32 Å². The molecule has 3 heteroatoms. The van der Waals surface area contributed by atoms with Crippen LogP contribution in [0.1, 0.15) is 13.3 Å². The van der Waals surface area contributed by atoms with Gasteiger partial charge >= 0.3 is 0 Å².